The van der Waals surface area contributed by atoms with Crippen LogP contribution in [0.1, 0.15) is 75.2 Å². The number of carbonyl (C=O) groups is 2. The number of Topliss-reactive ketones (excluding diaryl/α,β-unsaturated/α-hetero) is 1. The Morgan fingerprint density at radius 2 is 1.71 bits per heavy atom. The van der Waals surface area contributed by atoms with E-state index < -0.39 is 0 Å². The molecule has 0 heterocycles. The smallest absolute Gasteiger partial charge is 0.257 e. The molecule has 1 fully saturated rings. The summed E-state index contributed by atoms with van der Waals surface area (Å²) >= 11 is 0. The van der Waals surface area contributed by atoms with E-state index in [1.54, 1.807) is 32.3 Å². The number of rotatable bonds is 8. The summed E-state index contributed by atoms with van der Waals surface area (Å²) in [5, 5.41) is 17.3. The quantitative estimate of drug-likeness (QED) is 0.419. The molecular weight excluding hydrogens is 438 g/mol. The lowest BCUT2D eigenvalue weighted by molar-refractivity contribution is -0.120. The minimum absolute atomic E-state index is 0.0104. The number of hydrogen-bond acceptors (Lipinski definition) is 5. The zero-order chi connectivity index (χ0) is 25.6. The molecule has 1 saturated carbocycles. The average molecular weight is 478 g/mol. The molecule has 2 aliphatic carbocycles. The van der Waals surface area contributed by atoms with E-state index in [-0.39, 0.29) is 34.5 Å². The standard InChI is InChI=1S/C24H27N3O3.C5H12/c1-15-19(26-24(13-8-14-24)16-9-5-4-6-10-16)20(21(15)28)25-18-12-7-11-17(22(18)29)23(30)27(2)3;1-3-5-4-2/h4-7,9-12,15,25-26,29H,8,13-14H2,1-3H3;3-5H2,1-2H3. The summed E-state index contributed by atoms with van der Waals surface area (Å²) in [6.07, 6.45) is 7.22. The highest BCUT2D eigenvalue weighted by molar-refractivity contribution is 6.09. The zero-order valence-corrected chi connectivity index (χ0v) is 21.6. The fourth-order valence-electron chi connectivity index (χ4n) is 4.50. The molecule has 2 aromatic carbocycles. The summed E-state index contributed by atoms with van der Waals surface area (Å²) in [5.74, 6) is -0.697. The van der Waals surface area contributed by atoms with Gasteiger partial charge in [-0.25, -0.2) is 0 Å². The van der Waals surface area contributed by atoms with Gasteiger partial charge in [-0.3, -0.25) is 9.59 Å². The average Bonchev–Trinajstić information content (AvgIpc) is 2.84. The topological polar surface area (TPSA) is 81.7 Å². The van der Waals surface area contributed by atoms with Gasteiger partial charge in [-0.15, -0.1) is 0 Å². The van der Waals surface area contributed by atoms with E-state index in [0.717, 1.165) is 25.0 Å². The van der Waals surface area contributed by atoms with Crippen molar-refractivity contribution >= 4 is 17.4 Å². The molecule has 1 atom stereocenters. The Morgan fingerprint density at radius 1 is 1.06 bits per heavy atom. The van der Waals surface area contributed by atoms with Crippen LogP contribution >= 0.6 is 0 Å². The number of phenolic OH excluding ortho intramolecular Hbond substituents is 1. The van der Waals surface area contributed by atoms with Gasteiger partial charge in [-0.1, -0.05) is 69.5 Å². The lowest BCUT2D eigenvalue weighted by Crippen LogP contribution is -2.53. The first kappa shape index (κ1) is 26.3. The predicted molar refractivity (Wildman–Crippen MR) is 141 cm³/mol. The highest BCUT2D eigenvalue weighted by atomic mass is 16.3. The molecule has 188 valence electrons. The van der Waals surface area contributed by atoms with Crippen molar-refractivity contribution in [3.8, 4) is 5.75 Å². The molecule has 35 heavy (non-hydrogen) atoms. The van der Waals surface area contributed by atoms with Crippen molar-refractivity contribution in [3.05, 3.63) is 71.1 Å². The number of carbonyl (C=O) groups excluding carboxylic acids is 2. The molecule has 0 spiro atoms. The van der Waals surface area contributed by atoms with Gasteiger partial charge in [0.15, 0.2) is 11.5 Å². The number of nitrogens with one attached hydrogen (secondary N) is 2. The van der Waals surface area contributed by atoms with E-state index in [2.05, 4.69) is 36.6 Å². The lowest BCUT2D eigenvalue weighted by atomic mass is 9.70. The van der Waals surface area contributed by atoms with Crippen LogP contribution < -0.4 is 10.6 Å². The number of hydrogen-bond donors (Lipinski definition) is 3. The maximum Gasteiger partial charge on any atom is 0.257 e. The monoisotopic (exact) mass is 477 g/mol. The summed E-state index contributed by atoms with van der Waals surface area (Å²) < 4.78 is 0. The SMILES string of the molecule is CC1C(=O)C(Nc2cccc(C(=O)N(C)C)c2O)=C1NC1(c2ccccc2)CCC1.CCCCC. The van der Waals surface area contributed by atoms with Gasteiger partial charge in [-0.2, -0.15) is 0 Å². The molecule has 0 aromatic heterocycles. The first-order valence-electron chi connectivity index (χ1n) is 12.7. The number of amides is 1. The van der Waals surface area contributed by atoms with Crippen molar-refractivity contribution < 1.29 is 14.7 Å². The van der Waals surface area contributed by atoms with E-state index in [9.17, 15) is 14.7 Å². The second-order valence-corrected chi connectivity index (χ2v) is 9.68. The molecule has 0 radical (unpaired) electrons. The first-order chi connectivity index (χ1) is 16.8. The van der Waals surface area contributed by atoms with Crippen LogP contribution in [0.3, 0.4) is 0 Å². The van der Waals surface area contributed by atoms with E-state index in [1.165, 1.54) is 29.7 Å². The van der Waals surface area contributed by atoms with Gasteiger partial charge in [0.2, 0.25) is 0 Å². The molecule has 6 heteroatoms. The summed E-state index contributed by atoms with van der Waals surface area (Å²) in [6, 6.07) is 15.2. The van der Waals surface area contributed by atoms with Crippen LogP contribution in [0, 0.1) is 5.92 Å². The number of para-hydroxylation sites is 1. The van der Waals surface area contributed by atoms with Crippen LogP contribution in [0.25, 0.3) is 0 Å². The molecular formula is C29H39N3O3. The number of anilines is 1. The summed E-state index contributed by atoms with van der Waals surface area (Å²) in [4.78, 5) is 26.3. The van der Waals surface area contributed by atoms with Gasteiger partial charge in [0, 0.05) is 19.8 Å². The molecule has 1 unspecified atom stereocenters. The van der Waals surface area contributed by atoms with Crippen LogP contribution in [-0.4, -0.2) is 35.8 Å². The molecule has 0 bridgehead atoms. The summed E-state index contributed by atoms with van der Waals surface area (Å²) in [7, 11) is 3.26. The molecule has 6 nitrogen and oxygen atoms in total. The Hall–Kier alpha value is -3.28. The van der Waals surface area contributed by atoms with Crippen LogP contribution in [0.2, 0.25) is 0 Å². The van der Waals surface area contributed by atoms with E-state index in [0.29, 0.717) is 11.4 Å². The van der Waals surface area contributed by atoms with Gasteiger partial charge in [0.25, 0.3) is 5.91 Å². The van der Waals surface area contributed by atoms with Gasteiger partial charge in [0.05, 0.1) is 22.7 Å². The second kappa shape index (κ2) is 11.4. The van der Waals surface area contributed by atoms with Crippen LogP contribution in [-0.2, 0) is 10.3 Å². The normalized spacial score (nSPS) is 18.0. The molecule has 2 aliphatic rings. The molecule has 0 aliphatic heterocycles. The van der Waals surface area contributed by atoms with Crippen molar-refractivity contribution in [2.24, 2.45) is 5.92 Å². The Morgan fingerprint density at radius 3 is 2.23 bits per heavy atom. The molecule has 4 rings (SSSR count). The maximum absolute atomic E-state index is 12.6. The van der Waals surface area contributed by atoms with Crippen LogP contribution in [0.5, 0.6) is 5.75 Å². The highest BCUT2D eigenvalue weighted by Crippen LogP contribution is 2.45. The number of unbranched alkanes of at least 4 members (excludes halogenated alkanes) is 2. The Bertz CT molecular complexity index is 1070. The van der Waals surface area contributed by atoms with E-state index in [4.69, 9.17) is 0 Å². The second-order valence-electron chi connectivity index (χ2n) is 9.68. The van der Waals surface area contributed by atoms with Gasteiger partial charge >= 0.3 is 0 Å². The van der Waals surface area contributed by atoms with Gasteiger partial charge in [0.1, 0.15) is 5.70 Å². The highest BCUT2D eigenvalue weighted by Gasteiger charge is 2.45. The molecule has 1 amide bonds. The number of aromatic hydroxyl groups is 1. The fraction of sp³-hybridized carbons (Fsp3) is 0.448. The van der Waals surface area contributed by atoms with Crippen LogP contribution in [0.4, 0.5) is 5.69 Å². The largest absolute Gasteiger partial charge is 0.505 e. The third kappa shape index (κ3) is 5.53. The molecule has 0 saturated heterocycles. The van der Waals surface area contributed by atoms with Crippen molar-refractivity contribution in [1.29, 1.82) is 0 Å². The third-order valence-electron chi connectivity index (χ3n) is 6.89. The van der Waals surface area contributed by atoms with Crippen molar-refractivity contribution in [1.82, 2.24) is 10.2 Å². The molecule has 2 aromatic rings. The Labute approximate surface area is 209 Å². The first-order valence-corrected chi connectivity index (χ1v) is 12.7. The number of benzene rings is 2. The van der Waals surface area contributed by atoms with E-state index >= 15 is 0 Å². The third-order valence-corrected chi connectivity index (χ3v) is 6.89. The minimum atomic E-state index is -0.297. The minimum Gasteiger partial charge on any atom is -0.505 e. The van der Waals surface area contributed by atoms with E-state index in [1.807, 2.05) is 25.1 Å². The summed E-state index contributed by atoms with van der Waals surface area (Å²) in [5.41, 5.74) is 2.90. The Balaban J connectivity index is 0.000000623. The van der Waals surface area contributed by atoms with Crippen molar-refractivity contribution in [2.45, 2.75) is 64.8 Å². The van der Waals surface area contributed by atoms with Crippen LogP contribution in [0.15, 0.2) is 59.9 Å². The van der Waals surface area contributed by atoms with Gasteiger partial charge < -0.3 is 20.6 Å². The number of phenols is 1. The number of nitrogens with zero attached hydrogens (tertiary/aromatic N) is 1. The molecule has 3 N–H and O–H groups in total. The Kier molecular flexibility index (Phi) is 8.60. The zero-order valence-electron chi connectivity index (χ0n) is 21.6. The lowest BCUT2D eigenvalue weighted by Gasteiger charge is -2.47. The number of allylic oxidation sites excluding steroid dienone is 2. The predicted octanol–water partition coefficient (Wildman–Crippen LogP) is 5.80. The maximum atomic E-state index is 12.6. The number of ketones is 1. The summed E-state index contributed by atoms with van der Waals surface area (Å²) in [6.45, 7) is 6.31. The fourth-order valence-corrected chi connectivity index (χ4v) is 4.50. The van der Waals surface area contributed by atoms with Gasteiger partial charge in [-0.05, 0) is 43.9 Å². The van der Waals surface area contributed by atoms with Crippen molar-refractivity contribution in [2.75, 3.05) is 19.4 Å². The van der Waals surface area contributed by atoms with Crippen molar-refractivity contribution in [3.63, 3.8) is 0 Å².